The van der Waals surface area contributed by atoms with Gasteiger partial charge in [-0.1, -0.05) is 71.2 Å². The predicted molar refractivity (Wildman–Crippen MR) is 231 cm³/mol. The van der Waals surface area contributed by atoms with Crippen molar-refractivity contribution in [3.8, 4) is 22.5 Å². The SMILES string of the molecule is CC(=O)Nc1nc2ccc(-c3ccnc(Cl)n3)cc2s1.CC(=O)Nc1nc2ccc(-c3ccnc(NS(=O)(=O)c4ccccc4)n3)cc2s1.NS(=O)(=O)c1ccccc1.[H-].[Na+]. The molecule has 0 saturated carbocycles. The number of thiazole rings is 2. The van der Waals surface area contributed by atoms with Gasteiger partial charge in [0.1, 0.15) is 0 Å². The van der Waals surface area contributed by atoms with Crippen molar-refractivity contribution >= 4 is 103 Å². The summed E-state index contributed by atoms with van der Waals surface area (Å²) < 4.78 is 50.4. The Hall–Kier alpha value is -5.29. The Balaban J connectivity index is 0.000000222. The summed E-state index contributed by atoms with van der Waals surface area (Å²) in [6.07, 6.45) is 3.11. The van der Waals surface area contributed by atoms with Gasteiger partial charge >= 0.3 is 29.6 Å². The molecule has 0 aliphatic rings. The summed E-state index contributed by atoms with van der Waals surface area (Å²) in [6, 6.07) is 30.7. The molecule has 8 rings (SSSR count). The molecule has 60 heavy (non-hydrogen) atoms. The zero-order chi connectivity index (χ0) is 42.2. The molecule has 4 aromatic carbocycles. The second-order valence-corrected chi connectivity index (χ2v) is 17.7. The van der Waals surface area contributed by atoms with Crippen LogP contribution < -0.4 is 50.1 Å². The Morgan fingerprint density at radius 2 is 1.10 bits per heavy atom. The first kappa shape index (κ1) is 45.8. The minimum Gasteiger partial charge on any atom is -1.00 e. The zero-order valence-electron chi connectivity index (χ0n) is 32.8. The van der Waals surface area contributed by atoms with Gasteiger partial charge in [0.2, 0.25) is 33.1 Å². The van der Waals surface area contributed by atoms with E-state index in [0.717, 1.165) is 37.3 Å². The fourth-order valence-corrected chi connectivity index (χ4v) is 8.59. The Morgan fingerprint density at radius 1 is 0.633 bits per heavy atom. The molecule has 302 valence electrons. The first-order valence-corrected chi connectivity index (χ1v) is 22.0. The largest absolute Gasteiger partial charge is 1.00 e. The number of aromatic nitrogens is 6. The van der Waals surface area contributed by atoms with E-state index >= 15 is 0 Å². The van der Waals surface area contributed by atoms with Crippen LogP contribution in [0.15, 0.2) is 131 Å². The van der Waals surface area contributed by atoms with Crippen molar-refractivity contribution in [3.63, 3.8) is 0 Å². The van der Waals surface area contributed by atoms with E-state index in [1.165, 1.54) is 67.0 Å². The van der Waals surface area contributed by atoms with Gasteiger partial charge in [0.05, 0.1) is 41.6 Å². The molecule has 0 aliphatic heterocycles. The van der Waals surface area contributed by atoms with E-state index in [1.54, 1.807) is 54.7 Å². The van der Waals surface area contributed by atoms with Crippen molar-refractivity contribution in [2.45, 2.75) is 23.6 Å². The molecule has 4 heterocycles. The number of sulfonamides is 2. The maximum Gasteiger partial charge on any atom is 1.00 e. The Bertz CT molecular complexity index is 3020. The quantitative estimate of drug-likeness (QED) is 0.123. The molecule has 0 unspecified atom stereocenters. The van der Waals surface area contributed by atoms with Crippen molar-refractivity contribution in [2.75, 3.05) is 15.4 Å². The summed E-state index contributed by atoms with van der Waals surface area (Å²) in [5.41, 5.74) is 4.60. The molecule has 0 saturated heterocycles. The fraction of sp³-hybridized carbons (Fsp3) is 0.0526. The van der Waals surface area contributed by atoms with Crippen LogP contribution in [0.4, 0.5) is 16.2 Å². The molecule has 4 aromatic heterocycles. The minimum absolute atomic E-state index is 0. The number of amides is 2. The molecule has 0 aliphatic carbocycles. The van der Waals surface area contributed by atoms with Gasteiger partial charge in [-0.2, -0.15) is 0 Å². The van der Waals surface area contributed by atoms with Crippen LogP contribution >= 0.6 is 34.3 Å². The van der Waals surface area contributed by atoms with Crippen molar-refractivity contribution < 1.29 is 57.4 Å². The third-order valence-electron chi connectivity index (χ3n) is 7.57. The predicted octanol–water partition coefficient (Wildman–Crippen LogP) is 4.33. The number of nitrogens with two attached hydrogens (primary N) is 1. The van der Waals surface area contributed by atoms with Gasteiger partial charge in [-0.05, 0) is 72.3 Å². The summed E-state index contributed by atoms with van der Waals surface area (Å²) in [7, 11) is -7.28. The Kier molecular flexibility index (Phi) is 15.5. The third kappa shape index (κ3) is 12.6. The van der Waals surface area contributed by atoms with Crippen LogP contribution in [0.5, 0.6) is 0 Å². The van der Waals surface area contributed by atoms with Gasteiger partial charge in [0.15, 0.2) is 10.3 Å². The second-order valence-electron chi connectivity index (χ2n) is 12.0. The number of carbonyl (C=O) groups is 2. The van der Waals surface area contributed by atoms with Crippen LogP contribution in [0.2, 0.25) is 5.28 Å². The zero-order valence-corrected chi connectivity index (χ0v) is 37.8. The van der Waals surface area contributed by atoms with Crippen LogP contribution in [0.1, 0.15) is 15.3 Å². The molecule has 2 amide bonds. The number of anilines is 3. The standard InChI is InChI=1S/C19H15N5O3S2.C13H9ClN4OS.C6H7NO2S.Na.H/c1-12(25)21-19-23-16-8-7-13(11-17(16)28-19)15-9-10-20-18(22-15)24-29(26,27)14-5-3-2-4-6-14;1-7(19)16-13-18-10-3-2-8(6-11(10)20-13)9-4-5-15-12(14)17-9;7-10(8,9)6-4-2-1-3-5-6;;/h2-11H,1H3,(H,20,22,24)(H,21,23,25);2-6H,1H3,(H,16,18,19);1-5H,(H2,7,8,9);;/q;;;+1;-1. The molecule has 0 bridgehead atoms. The van der Waals surface area contributed by atoms with Gasteiger partial charge in [-0.15, -0.1) is 0 Å². The molecule has 0 spiro atoms. The molecule has 22 heteroatoms. The first-order valence-electron chi connectivity index (χ1n) is 17.0. The van der Waals surface area contributed by atoms with Crippen molar-refractivity contribution in [3.05, 3.63) is 127 Å². The number of halogens is 1. The van der Waals surface area contributed by atoms with Crippen LogP contribution in [-0.4, -0.2) is 58.6 Å². The number of nitrogens with one attached hydrogen (secondary N) is 3. The van der Waals surface area contributed by atoms with Crippen LogP contribution in [-0.2, 0) is 29.6 Å². The van der Waals surface area contributed by atoms with Gasteiger partial charge in [-0.25, -0.2) is 56.6 Å². The fourth-order valence-electron chi connectivity index (χ4n) is 5.03. The molecule has 0 fully saturated rings. The molecule has 0 radical (unpaired) electrons. The normalized spacial score (nSPS) is 10.9. The number of hydrogen-bond acceptors (Lipinski definition) is 14. The number of benzene rings is 4. The molecule has 16 nitrogen and oxygen atoms in total. The monoisotopic (exact) mass is 910 g/mol. The van der Waals surface area contributed by atoms with Gasteiger partial charge in [0.25, 0.3) is 10.0 Å². The average Bonchev–Trinajstić information content (AvgIpc) is 3.80. The minimum atomic E-state index is -3.78. The van der Waals surface area contributed by atoms with E-state index in [2.05, 4.69) is 45.3 Å². The smallest absolute Gasteiger partial charge is 1.00 e. The van der Waals surface area contributed by atoms with Crippen LogP contribution in [0.25, 0.3) is 42.9 Å². The van der Waals surface area contributed by atoms with E-state index in [0.29, 0.717) is 16.0 Å². The molecular formula is C38H32ClN10NaO6S4. The van der Waals surface area contributed by atoms with Crippen LogP contribution in [0.3, 0.4) is 0 Å². The van der Waals surface area contributed by atoms with E-state index < -0.39 is 20.0 Å². The van der Waals surface area contributed by atoms with Crippen LogP contribution in [0, 0.1) is 0 Å². The summed E-state index contributed by atoms with van der Waals surface area (Å²) in [4.78, 5) is 47.6. The number of nitrogens with zero attached hydrogens (tertiary/aromatic N) is 6. The van der Waals surface area contributed by atoms with Gasteiger partial charge in [-0.3, -0.25) is 9.59 Å². The van der Waals surface area contributed by atoms with Gasteiger partial charge < -0.3 is 12.1 Å². The second kappa shape index (κ2) is 20.3. The maximum absolute atomic E-state index is 12.5. The van der Waals surface area contributed by atoms with Crippen molar-refractivity contribution in [1.82, 2.24) is 29.9 Å². The summed E-state index contributed by atoms with van der Waals surface area (Å²) in [6.45, 7) is 2.89. The maximum atomic E-state index is 12.5. The molecule has 0 atom stereocenters. The van der Waals surface area contributed by atoms with Gasteiger partial charge in [0, 0.05) is 37.4 Å². The Labute approximate surface area is 380 Å². The third-order valence-corrected chi connectivity index (χ3v) is 11.9. The summed E-state index contributed by atoms with van der Waals surface area (Å²) >= 11 is 8.56. The van der Waals surface area contributed by atoms with E-state index in [4.69, 9.17) is 16.7 Å². The number of hydrogen-bond donors (Lipinski definition) is 4. The van der Waals surface area contributed by atoms with Crippen molar-refractivity contribution in [2.24, 2.45) is 5.14 Å². The average molecular weight is 911 g/mol. The number of fused-ring (bicyclic) bond motifs is 2. The number of carbonyl (C=O) groups excluding carboxylic acids is 2. The topological polar surface area (TPSA) is 242 Å². The Morgan fingerprint density at radius 3 is 1.55 bits per heavy atom. The molecule has 8 aromatic rings. The molecular weight excluding hydrogens is 879 g/mol. The summed E-state index contributed by atoms with van der Waals surface area (Å²) in [5, 5.41) is 11.5. The van der Waals surface area contributed by atoms with Crippen molar-refractivity contribution in [1.29, 1.82) is 0 Å². The first-order chi connectivity index (χ1) is 28.1. The number of primary sulfonamides is 1. The van der Waals surface area contributed by atoms with E-state index in [9.17, 15) is 26.4 Å². The molecule has 5 N–H and O–H groups in total. The van der Waals surface area contributed by atoms with E-state index in [-0.39, 0.29) is 63.8 Å². The van der Waals surface area contributed by atoms with E-state index in [1.807, 2.05) is 36.4 Å². The summed E-state index contributed by atoms with van der Waals surface area (Å²) in [5.74, 6) is -0.336. The number of rotatable bonds is 8.